The summed E-state index contributed by atoms with van der Waals surface area (Å²) in [7, 11) is 0. The number of hydrogen-bond acceptors (Lipinski definition) is 3. The normalized spacial score (nSPS) is 14.1. The summed E-state index contributed by atoms with van der Waals surface area (Å²) in [5.41, 5.74) is 1.19. The summed E-state index contributed by atoms with van der Waals surface area (Å²) >= 11 is 0. The molecule has 19 heavy (non-hydrogen) atoms. The van der Waals surface area contributed by atoms with Crippen LogP contribution in [-0.2, 0) is 0 Å². The van der Waals surface area contributed by atoms with Crippen molar-refractivity contribution in [2.45, 2.75) is 33.2 Å². The maximum absolute atomic E-state index is 14.0. The van der Waals surface area contributed by atoms with Gasteiger partial charge in [-0.2, -0.15) is 5.10 Å². The first-order chi connectivity index (χ1) is 9.11. The smallest absolute Gasteiger partial charge is 0.150 e. The Kier molecular flexibility index (Phi) is 4.14. The second kappa shape index (κ2) is 5.82. The van der Waals surface area contributed by atoms with Gasteiger partial charge in [-0.3, -0.25) is 0 Å². The van der Waals surface area contributed by atoms with Gasteiger partial charge >= 0.3 is 0 Å². The Balaban J connectivity index is 2.15. The Bertz CT molecular complexity index is 524. The molecule has 0 saturated heterocycles. The molecule has 1 N–H and O–H groups in total. The molecule has 1 aromatic heterocycles. The van der Waals surface area contributed by atoms with Crippen molar-refractivity contribution in [2.24, 2.45) is 5.92 Å². The number of rotatable bonds is 5. The minimum Gasteiger partial charge on any atom is -0.382 e. The van der Waals surface area contributed by atoms with E-state index in [2.05, 4.69) is 36.2 Å². The van der Waals surface area contributed by atoms with Crippen LogP contribution in [0.25, 0.3) is 5.69 Å². The standard InChI is InChI=1S/C14H19FN4/c1-4-10(2)11(3)18-12-5-6-14(13(15)7-12)19-9-16-8-17-19/h5-11,18H,4H2,1-3H3. The zero-order valence-electron chi connectivity index (χ0n) is 11.5. The number of nitrogens with one attached hydrogen (secondary N) is 1. The van der Waals surface area contributed by atoms with Crippen molar-refractivity contribution < 1.29 is 4.39 Å². The molecule has 0 fully saturated rings. The van der Waals surface area contributed by atoms with Crippen LogP contribution in [0.1, 0.15) is 27.2 Å². The molecule has 1 aromatic carbocycles. The first kappa shape index (κ1) is 13.5. The lowest BCUT2D eigenvalue weighted by Gasteiger charge is -2.21. The van der Waals surface area contributed by atoms with Crippen LogP contribution >= 0.6 is 0 Å². The molecule has 1 heterocycles. The first-order valence-corrected chi connectivity index (χ1v) is 6.53. The van der Waals surface area contributed by atoms with Gasteiger partial charge in [0.05, 0.1) is 0 Å². The second-order valence-corrected chi connectivity index (χ2v) is 4.82. The fourth-order valence-electron chi connectivity index (χ4n) is 1.87. The summed E-state index contributed by atoms with van der Waals surface area (Å²) in [4.78, 5) is 3.81. The van der Waals surface area contributed by atoms with Crippen molar-refractivity contribution in [1.29, 1.82) is 0 Å². The maximum Gasteiger partial charge on any atom is 0.150 e. The van der Waals surface area contributed by atoms with Gasteiger partial charge in [-0.15, -0.1) is 0 Å². The summed E-state index contributed by atoms with van der Waals surface area (Å²) < 4.78 is 15.4. The molecule has 5 heteroatoms. The summed E-state index contributed by atoms with van der Waals surface area (Å²) in [5.74, 6) is 0.227. The molecule has 0 radical (unpaired) electrons. The van der Waals surface area contributed by atoms with Crippen LogP contribution in [0.2, 0.25) is 0 Å². The van der Waals surface area contributed by atoms with E-state index < -0.39 is 0 Å². The SMILES string of the molecule is CCC(C)C(C)Nc1ccc(-n2cncn2)c(F)c1. The molecule has 0 aliphatic heterocycles. The average Bonchev–Trinajstić information content (AvgIpc) is 2.91. The first-order valence-electron chi connectivity index (χ1n) is 6.53. The molecule has 102 valence electrons. The second-order valence-electron chi connectivity index (χ2n) is 4.82. The molecule has 0 amide bonds. The summed E-state index contributed by atoms with van der Waals surface area (Å²) in [6, 6.07) is 5.37. The predicted octanol–water partition coefficient (Wildman–Crippen LogP) is 3.25. The molecule has 0 bridgehead atoms. The summed E-state index contributed by atoms with van der Waals surface area (Å²) in [6.45, 7) is 6.44. The fourth-order valence-corrected chi connectivity index (χ4v) is 1.87. The molecule has 0 saturated carbocycles. The largest absolute Gasteiger partial charge is 0.382 e. The Morgan fingerprint density at radius 3 is 2.74 bits per heavy atom. The predicted molar refractivity (Wildman–Crippen MR) is 73.9 cm³/mol. The molecule has 2 aromatic rings. The molecular weight excluding hydrogens is 243 g/mol. The van der Waals surface area contributed by atoms with Crippen LogP contribution in [0.4, 0.5) is 10.1 Å². The van der Waals surface area contributed by atoms with Gasteiger partial charge in [-0.25, -0.2) is 14.1 Å². The zero-order valence-corrected chi connectivity index (χ0v) is 11.5. The van der Waals surface area contributed by atoms with E-state index in [-0.39, 0.29) is 5.82 Å². The van der Waals surface area contributed by atoms with Crippen molar-refractivity contribution in [3.05, 3.63) is 36.7 Å². The lowest BCUT2D eigenvalue weighted by Crippen LogP contribution is -2.23. The molecule has 2 rings (SSSR count). The Hall–Kier alpha value is -1.91. The minimum absolute atomic E-state index is 0.307. The van der Waals surface area contributed by atoms with E-state index >= 15 is 0 Å². The van der Waals surface area contributed by atoms with Gasteiger partial charge in [0.2, 0.25) is 0 Å². The molecule has 2 atom stereocenters. The Morgan fingerprint density at radius 1 is 1.37 bits per heavy atom. The van der Waals surface area contributed by atoms with Crippen LogP contribution in [0.3, 0.4) is 0 Å². The number of benzene rings is 1. The number of hydrogen-bond donors (Lipinski definition) is 1. The number of halogens is 1. The van der Waals surface area contributed by atoms with Gasteiger partial charge in [-0.1, -0.05) is 20.3 Å². The van der Waals surface area contributed by atoms with Crippen LogP contribution in [0.15, 0.2) is 30.9 Å². The monoisotopic (exact) mass is 262 g/mol. The van der Waals surface area contributed by atoms with E-state index in [1.54, 1.807) is 6.07 Å². The maximum atomic E-state index is 14.0. The quantitative estimate of drug-likeness (QED) is 0.899. The number of aromatic nitrogens is 3. The van der Waals surface area contributed by atoms with Crippen LogP contribution in [-0.4, -0.2) is 20.8 Å². The zero-order chi connectivity index (χ0) is 13.8. The van der Waals surface area contributed by atoms with Crippen LogP contribution < -0.4 is 5.32 Å². The molecule has 4 nitrogen and oxygen atoms in total. The van der Waals surface area contributed by atoms with Gasteiger partial charge in [0, 0.05) is 11.7 Å². The highest BCUT2D eigenvalue weighted by Crippen LogP contribution is 2.20. The highest BCUT2D eigenvalue weighted by molar-refractivity contribution is 5.50. The third-order valence-electron chi connectivity index (χ3n) is 3.51. The van der Waals surface area contributed by atoms with E-state index in [4.69, 9.17) is 0 Å². The molecule has 0 aliphatic carbocycles. The Morgan fingerprint density at radius 2 is 2.16 bits per heavy atom. The number of nitrogens with zero attached hydrogens (tertiary/aromatic N) is 3. The topological polar surface area (TPSA) is 42.7 Å². The van der Waals surface area contributed by atoms with Gasteiger partial charge in [0.1, 0.15) is 18.3 Å². The van der Waals surface area contributed by atoms with E-state index in [1.807, 2.05) is 6.07 Å². The van der Waals surface area contributed by atoms with Gasteiger partial charge < -0.3 is 5.32 Å². The number of anilines is 1. The third-order valence-corrected chi connectivity index (χ3v) is 3.51. The van der Waals surface area contributed by atoms with Crippen LogP contribution in [0.5, 0.6) is 0 Å². The van der Waals surface area contributed by atoms with Crippen molar-refractivity contribution in [3.8, 4) is 5.69 Å². The van der Waals surface area contributed by atoms with Crippen molar-refractivity contribution in [1.82, 2.24) is 14.8 Å². The fraction of sp³-hybridized carbons (Fsp3) is 0.429. The van der Waals surface area contributed by atoms with Crippen molar-refractivity contribution in [2.75, 3.05) is 5.32 Å². The average molecular weight is 262 g/mol. The van der Waals surface area contributed by atoms with Gasteiger partial charge in [0.15, 0.2) is 5.82 Å². The molecule has 0 aliphatic rings. The molecular formula is C14H19FN4. The van der Waals surface area contributed by atoms with Gasteiger partial charge in [0.25, 0.3) is 0 Å². The van der Waals surface area contributed by atoms with E-state index in [1.165, 1.54) is 23.4 Å². The van der Waals surface area contributed by atoms with E-state index in [0.717, 1.165) is 12.1 Å². The highest BCUT2D eigenvalue weighted by atomic mass is 19.1. The minimum atomic E-state index is -0.313. The highest BCUT2D eigenvalue weighted by Gasteiger charge is 2.11. The van der Waals surface area contributed by atoms with E-state index in [0.29, 0.717) is 17.6 Å². The Labute approximate surface area is 112 Å². The van der Waals surface area contributed by atoms with Crippen LogP contribution in [0, 0.1) is 11.7 Å². The summed E-state index contributed by atoms with van der Waals surface area (Å²) in [5, 5.41) is 7.25. The lowest BCUT2D eigenvalue weighted by atomic mass is 10.0. The van der Waals surface area contributed by atoms with Gasteiger partial charge in [-0.05, 0) is 31.0 Å². The lowest BCUT2D eigenvalue weighted by molar-refractivity contribution is 0.494. The van der Waals surface area contributed by atoms with Crippen molar-refractivity contribution in [3.63, 3.8) is 0 Å². The molecule has 2 unspecified atom stereocenters. The third kappa shape index (κ3) is 3.10. The van der Waals surface area contributed by atoms with E-state index in [9.17, 15) is 4.39 Å². The molecule has 0 spiro atoms. The summed E-state index contributed by atoms with van der Waals surface area (Å²) in [6.07, 6.45) is 3.96. The van der Waals surface area contributed by atoms with Crippen molar-refractivity contribution >= 4 is 5.69 Å².